The first-order valence-electron chi connectivity index (χ1n) is 7.10. The molecule has 7 nitrogen and oxygen atoms in total. The molecule has 1 aromatic rings. The van der Waals surface area contributed by atoms with Gasteiger partial charge in [0, 0.05) is 18.7 Å². The van der Waals surface area contributed by atoms with Gasteiger partial charge in [0.1, 0.15) is 23.7 Å². The van der Waals surface area contributed by atoms with Crippen molar-refractivity contribution >= 4 is 0 Å². The number of methoxy groups -OCH3 is 2. The monoisotopic (exact) mass is 312 g/mol. The summed E-state index contributed by atoms with van der Waals surface area (Å²) in [7, 11) is 3.08. The van der Waals surface area contributed by atoms with Crippen LogP contribution in [0.1, 0.15) is 11.7 Å². The predicted octanol–water partition coefficient (Wildman–Crippen LogP) is -0.170. The van der Waals surface area contributed by atoms with E-state index in [1.807, 2.05) is 0 Å². The van der Waals surface area contributed by atoms with Crippen LogP contribution in [0.4, 0.5) is 0 Å². The van der Waals surface area contributed by atoms with Gasteiger partial charge in [-0.15, -0.1) is 0 Å². The van der Waals surface area contributed by atoms with E-state index in [-0.39, 0.29) is 0 Å². The van der Waals surface area contributed by atoms with Crippen LogP contribution in [0.25, 0.3) is 0 Å². The van der Waals surface area contributed by atoms with Crippen LogP contribution >= 0.6 is 0 Å². The van der Waals surface area contributed by atoms with Crippen LogP contribution < -0.4 is 9.47 Å². The highest BCUT2D eigenvalue weighted by molar-refractivity contribution is 5.44. The lowest BCUT2D eigenvalue weighted by atomic mass is 9.82. The van der Waals surface area contributed by atoms with E-state index in [0.29, 0.717) is 11.5 Å². The Hall–Kier alpha value is -1.38. The summed E-state index contributed by atoms with van der Waals surface area (Å²) in [6.07, 6.45) is -4.55. The van der Waals surface area contributed by atoms with Crippen molar-refractivity contribution in [3.8, 4) is 11.5 Å². The van der Waals surface area contributed by atoms with Crippen molar-refractivity contribution in [2.75, 3.05) is 20.8 Å². The third-order valence-corrected chi connectivity index (χ3v) is 4.30. The molecular formula is C15H20O7. The van der Waals surface area contributed by atoms with E-state index in [4.69, 9.17) is 18.9 Å². The van der Waals surface area contributed by atoms with E-state index in [1.54, 1.807) is 25.3 Å². The number of hydrogen-bond donors (Lipinski definition) is 3. The summed E-state index contributed by atoms with van der Waals surface area (Å²) in [5.41, 5.74) is 0.752. The van der Waals surface area contributed by atoms with Crippen molar-refractivity contribution in [2.45, 2.75) is 30.7 Å². The van der Waals surface area contributed by atoms with E-state index in [2.05, 4.69) is 0 Å². The molecule has 0 bridgehead atoms. The third-order valence-electron chi connectivity index (χ3n) is 4.30. The number of aliphatic hydroxyl groups excluding tert-OH is 3. The van der Waals surface area contributed by atoms with E-state index in [9.17, 15) is 15.3 Å². The molecule has 7 heteroatoms. The summed E-state index contributed by atoms with van der Waals surface area (Å²) < 4.78 is 22.1. The van der Waals surface area contributed by atoms with Crippen LogP contribution in [0.2, 0.25) is 0 Å². The molecule has 3 rings (SSSR count). The Bertz CT molecular complexity index is 535. The zero-order valence-corrected chi connectivity index (χ0v) is 12.4. The van der Waals surface area contributed by atoms with Crippen LogP contribution in [-0.2, 0) is 9.47 Å². The minimum absolute atomic E-state index is 0.409. The van der Waals surface area contributed by atoms with E-state index >= 15 is 0 Å². The van der Waals surface area contributed by atoms with Gasteiger partial charge in [-0.3, -0.25) is 0 Å². The molecule has 22 heavy (non-hydrogen) atoms. The van der Waals surface area contributed by atoms with Crippen LogP contribution in [0, 0.1) is 5.92 Å². The fourth-order valence-electron chi connectivity index (χ4n) is 3.13. The number of aliphatic hydroxyl groups is 3. The van der Waals surface area contributed by atoms with Gasteiger partial charge < -0.3 is 34.3 Å². The molecule has 2 aliphatic rings. The van der Waals surface area contributed by atoms with Gasteiger partial charge in [0.2, 0.25) is 6.29 Å². The molecule has 6 atom stereocenters. The molecule has 1 saturated heterocycles. The Kier molecular flexibility index (Phi) is 4.24. The summed E-state index contributed by atoms with van der Waals surface area (Å²) in [5, 5.41) is 29.7. The quantitative estimate of drug-likeness (QED) is 0.713. The average Bonchev–Trinajstić information content (AvgIpc) is 2.55. The molecule has 0 saturated carbocycles. The zero-order valence-electron chi connectivity index (χ0n) is 12.4. The topological polar surface area (TPSA) is 97.6 Å². The van der Waals surface area contributed by atoms with E-state index in [1.165, 1.54) is 7.11 Å². The molecule has 2 aliphatic heterocycles. The Balaban J connectivity index is 1.99. The molecule has 6 unspecified atom stereocenters. The lowest BCUT2D eigenvalue weighted by Crippen LogP contribution is -2.60. The van der Waals surface area contributed by atoms with Gasteiger partial charge in [0.05, 0.1) is 31.8 Å². The van der Waals surface area contributed by atoms with Crippen LogP contribution in [-0.4, -0.2) is 60.7 Å². The second-order valence-electron chi connectivity index (χ2n) is 5.46. The predicted molar refractivity (Wildman–Crippen MR) is 74.6 cm³/mol. The average molecular weight is 312 g/mol. The molecule has 0 radical (unpaired) electrons. The van der Waals surface area contributed by atoms with Crippen LogP contribution in [0.15, 0.2) is 18.2 Å². The van der Waals surface area contributed by atoms with Crippen molar-refractivity contribution in [3.05, 3.63) is 23.8 Å². The Morgan fingerprint density at radius 1 is 1.18 bits per heavy atom. The Morgan fingerprint density at radius 3 is 2.59 bits per heavy atom. The molecular weight excluding hydrogens is 292 g/mol. The van der Waals surface area contributed by atoms with Gasteiger partial charge in [-0.25, -0.2) is 0 Å². The molecule has 122 valence electrons. The maximum Gasteiger partial charge on any atom is 0.208 e. The standard InChI is InChI=1S/C15H20O7/c1-19-7-3-4-8-9(5-7)21-15-11(14(8)20-2)13(18)12(17)10(6-16)22-15/h3-5,10-18H,6H2,1-2H3. The molecule has 0 spiro atoms. The molecule has 0 aliphatic carbocycles. The van der Waals surface area contributed by atoms with Gasteiger partial charge >= 0.3 is 0 Å². The summed E-state index contributed by atoms with van der Waals surface area (Å²) in [5.74, 6) is 0.568. The van der Waals surface area contributed by atoms with Gasteiger partial charge in [-0.2, -0.15) is 0 Å². The molecule has 2 heterocycles. The minimum Gasteiger partial charge on any atom is -0.497 e. The maximum atomic E-state index is 10.4. The molecule has 3 N–H and O–H groups in total. The Morgan fingerprint density at radius 2 is 1.95 bits per heavy atom. The first-order valence-corrected chi connectivity index (χ1v) is 7.10. The smallest absolute Gasteiger partial charge is 0.208 e. The third kappa shape index (κ3) is 2.35. The normalized spacial score (nSPS) is 37.0. The van der Waals surface area contributed by atoms with Crippen LogP contribution in [0.5, 0.6) is 11.5 Å². The van der Waals surface area contributed by atoms with E-state index < -0.39 is 43.2 Å². The number of rotatable bonds is 3. The lowest BCUT2D eigenvalue weighted by Gasteiger charge is -2.47. The van der Waals surface area contributed by atoms with Gasteiger partial charge in [0.15, 0.2) is 0 Å². The van der Waals surface area contributed by atoms with Crippen molar-refractivity contribution in [1.82, 2.24) is 0 Å². The van der Waals surface area contributed by atoms with Gasteiger partial charge in [-0.05, 0) is 12.1 Å². The lowest BCUT2D eigenvalue weighted by molar-refractivity contribution is -0.285. The summed E-state index contributed by atoms with van der Waals surface area (Å²) >= 11 is 0. The molecule has 0 amide bonds. The maximum absolute atomic E-state index is 10.4. The van der Waals surface area contributed by atoms with Crippen molar-refractivity contribution in [3.63, 3.8) is 0 Å². The number of fused-ring (bicyclic) bond motifs is 2. The SMILES string of the molecule is COc1ccc2c(c1)OC1OC(CO)C(O)C(O)C1C2OC. The first kappa shape index (κ1) is 15.5. The molecule has 1 aromatic carbocycles. The summed E-state index contributed by atoms with van der Waals surface area (Å²) in [6.45, 7) is -0.409. The van der Waals surface area contributed by atoms with Gasteiger partial charge in [0.25, 0.3) is 0 Å². The first-order chi connectivity index (χ1) is 10.6. The van der Waals surface area contributed by atoms with Crippen molar-refractivity contribution in [1.29, 1.82) is 0 Å². The highest BCUT2D eigenvalue weighted by Crippen LogP contribution is 2.46. The number of ether oxygens (including phenoxy) is 4. The molecule has 0 aromatic heterocycles. The zero-order chi connectivity index (χ0) is 15.9. The summed E-state index contributed by atoms with van der Waals surface area (Å²) in [6, 6.07) is 5.29. The molecule has 1 fully saturated rings. The largest absolute Gasteiger partial charge is 0.497 e. The highest BCUT2D eigenvalue weighted by Gasteiger charge is 2.52. The fraction of sp³-hybridized carbons (Fsp3) is 0.600. The summed E-state index contributed by atoms with van der Waals surface area (Å²) in [4.78, 5) is 0. The fourth-order valence-corrected chi connectivity index (χ4v) is 3.13. The number of hydrogen-bond acceptors (Lipinski definition) is 7. The number of benzene rings is 1. The van der Waals surface area contributed by atoms with Crippen molar-refractivity contribution in [2.24, 2.45) is 5.92 Å². The van der Waals surface area contributed by atoms with E-state index in [0.717, 1.165) is 5.56 Å². The Labute approximate surface area is 128 Å². The minimum atomic E-state index is -1.20. The second kappa shape index (κ2) is 6.02. The van der Waals surface area contributed by atoms with Gasteiger partial charge in [-0.1, -0.05) is 0 Å². The highest BCUT2D eigenvalue weighted by atomic mass is 16.7. The second-order valence-corrected chi connectivity index (χ2v) is 5.46. The van der Waals surface area contributed by atoms with Crippen LogP contribution in [0.3, 0.4) is 0 Å². The van der Waals surface area contributed by atoms with Crippen molar-refractivity contribution < 1.29 is 34.3 Å².